The standard InChI is InChI=1S/C22H37N5O2.HI/c1-4-23-22(25-18-21(28)27-13-9-10-14-27)24-17-19-11-7-8-12-20(19)29-16-15-26(5-2)6-3;/h7-8,11-12H,4-6,9-10,13-18H2,1-3H3,(H2,23,24,25);1H. The summed E-state index contributed by atoms with van der Waals surface area (Å²) in [5.74, 6) is 1.65. The van der Waals surface area contributed by atoms with Crippen LogP contribution in [0, 0.1) is 0 Å². The Hall–Kier alpha value is -1.55. The highest BCUT2D eigenvalue weighted by atomic mass is 127. The van der Waals surface area contributed by atoms with E-state index in [1.807, 2.05) is 36.1 Å². The van der Waals surface area contributed by atoms with Crippen LogP contribution in [0.25, 0.3) is 0 Å². The van der Waals surface area contributed by atoms with Crippen LogP contribution in [0.4, 0.5) is 0 Å². The number of guanidine groups is 1. The first-order chi connectivity index (χ1) is 14.2. The lowest BCUT2D eigenvalue weighted by Gasteiger charge is -2.19. The number of halogens is 1. The number of hydrogen-bond acceptors (Lipinski definition) is 4. The number of benzene rings is 1. The molecule has 8 heteroatoms. The minimum atomic E-state index is 0. The lowest BCUT2D eigenvalue weighted by Crippen LogP contribution is -2.44. The number of nitrogens with one attached hydrogen (secondary N) is 2. The molecule has 170 valence electrons. The van der Waals surface area contributed by atoms with Gasteiger partial charge in [0.15, 0.2) is 5.96 Å². The van der Waals surface area contributed by atoms with Crippen LogP contribution in [-0.2, 0) is 11.3 Å². The number of nitrogens with zero attached hydrogens (tertiary/aromatic N) is 3. The highest BCUT2D eigenvalue weighted by Crippen LogP contribution is 2.19. The topological polar surface area (TPSA) is 69.2 Å². The molecule has 2 N–H and O–H groups in total. The number of amides is 1. The predicted molar refractivity (Wildman–Crippen MR) is 134 cm³/mol. The van der Waals surface area contributed by atoms with E-state index in [1.165, 1.54) is 0 Å². The van der Waals surface area contributed by atoms with E-state index in [1.54, 1.807) is 0 Å². The van der Waals surface area contributed by atoms with Gasteiger partial charge in [-0.05, 0) is 38.9 Å². The molecule has 0 atom stereocenters. The maximum atomic E-state index is 12.3. The van der Waals surface area contributed by atoms with Crippen LogP contribution >= 0.6 is 24.0 Å². The Morgan fingerprint density at radius 1 is 1.13 bits per heavy atom. The zero-order chi connectivity index (χ0) is 20.9. The van der Waals surface area contributed by atoms with Crippen molar-refractivity contribution in [3.05, 3.63) is 29.8 Å². The molecule has 0 radical (unpaired) electrons. The van der Waals surface area contributed by atoms with E-state index in [4.69, 9.17) is 4.74 Å². The molecule has 1 aliphatic rings. The van der Waals surface area contributed by atoms with Crippen molar-refractivity contribution in [1.29, 1.82) is 0 Å². The SMILES string of the molecule is CCNC(=NCc1ccccc1OCCN(CC)CC)NCC(=O)N1CCCC1.I. The zero-order valence-electron chi connectivity index (χ0n) is 18.7. The van der Waals surface area contributed by atoms with Crippen LogP contribution in [0.5, 0.6) is 5.75 Å². The monoisotopic (exact) mass is 531 g/mol. The average molecular weight is 531 g/mol. The number of ether oxygens (including phenoxy) is 1. The summed E-state index contributed by atoms with van der Waals surface area (Å²) in [7, 11) is 0. The quantitative estimate of drug-likeness (QED) is 0.261. The molecule has 1 aliphatic heterocycles. The Labute approximate surface area is 198 Å². The van der Waals surface area contributed by atoms with Crippen molar-refractivity contribution in [3.8, 4) is 5.75 Å². The Bertz CT molecular complexity index is 646. The first kappa shape index (κ1) is 26.5. The molecule has 1 heterocycles. The van der Waals surface area contributed by atoms with E-state index >= 15 is 0 Å². The summed E-state index contributed by atoms with van der Waals surface area (Å²) in [4.78, 5) is 21.2. The predicted octanol–water partition coefficient (Wildman–Crippen LogP) is 2.70. The van der Waals surface area contributed by atoms with Gasteiger partial charge < -0.3 is 25.2 Å². The molecule has 7 nitrogen and oxygen atoms in total. The molecule has 0 aliphatic carbocycles. The number of likely N-dealkylation sites (tertiary alicyclic amines) is 1. The molecule has 0 saturated carbocycles. The molecule has 0 spiro atoms. The van der Waals surface area contributed by atoms with Crippen LogP contribution in [0.2, 0.25) is 0 Å². The third-order valence-corrected chi connectivity index (χ3v) is 5.15. The molecule has 1 aromatic carbocycles. The lowest BCUT2D eigenvalue weighted by molar-refractivity contribution is -0.128. The summed E-state index contributed by atoms with van der Waals surface area (Å²) in [5.41, 5.74) is 1.04. The lowest BCUT2D eigenvalue weighted by atomic mass is 10.2. The summed E-state index contributed by atoms with van der Waals surface area (Å²) < 4.78 is 6.02. The highest BCUT2D eigenvalue weighted by molar-refractivity contribution is 14.0. The summed E-state index contributed by atoms with van der Waals surface area (Å²) in [5, 5.41) is 6.37. The highest BCUT2D eigenvalue weighted by Gasteiger charge is 2.17. The molecule has 0 unspecified atom stereocenters. The first-order valence-corrected chi connectivity index (χ1v) is 10.9. The van der Waals surface area contributed by atoms with E-state index in [0.29, 0.717) is 19.1 Å². The Morgan fingerprint density at radius 3 is 2.50 bits per heavy atom. The minimum absolute atomic E-state index is 0. The van der Waals surface area contributed by atoms with Gasteiger partial charge in [0.05, 0.1) is 13.1 Å². The second-order valence-electron chi connectivity index (χ2n) is 7.12. The summed E-state index contributed by atoms with van der Waals surface area (Å²) in [6.07, 6.45) is 2.20. The van der Waals surface area contributed by atoms with Crippen LogP contribution in [0.15, 0.2) is 29.3 Å². The molecule has 1 fully saturated rings. The number of hydrogen-bond donors (Lipinski definition) is 2. The van der Waals surface area contributed by atoms with Crippen molar-refractivity contribution in [1.82, 2.24) is 20.4 Å². The van der Waals surface area contributed by atoms with Crippen molar-refractivity contribution in [2.24, 2.45) is 4.99 Å². The van der Waals surface area contributed by atoms with Crippen molar-refractivity contribution in [2.75, 3.05) is 52.4 Å². The smallest absolute Gasteiger partial charge is 0.241 e. The Kier molecular flexibility index (Phi) is 13.5. The zero-order valence-corrected chi connectivity index (χ0v) is 21.0. The van der Waals surface area contributed by atoms with Gasteiger partial charge in [-0.15, -0.1) is 24.0 Å². The van der Waals surface area contributed by atoms with Gasteiger partial charge in [0.1, 0.15) is 12.4 Å². The van der Waals surface area contributed by atoms with E-state index in [2.05, 4.69) is 34.4 Å². The van der Waals surface area contributed by atoms with E-state index in [9.17, 15) is 4.79 Å². The van der Waals surface area contributed by atoms with Crippen LogP contribution < -0.4 is 15.4 Å². The van der Waals surface area contributed by atoms with Crippen molar-refractivity contribution in [3.63, 3.8) is 0 Å². The fourth-order valence-corrected chi connectivity index (χ4v) is 3.34. The van der Waals surface area contributed by atoms with Gasteiger partial charge in [-0.2, -0.15) is 0 Å². The van der Waals surface area contributed by atoms with Crippen molar-refractivity contribution in [2.45, 2.75) is 40.2 Å². The molecule has 1 amide bonds. The fraction of sp³-hybridized carbons (Fsp3) is 0.636. The largest absolute Gasteiger partial charge is 0.492 e. The number of carbonyl (C=O) groups is 1. The maximum absolute atomic E-state index is 12.3. The molecule has 30 heavy (non-hydrogen) atoms. The Balaban J connectivity index is 0.00000450. The van der Waals surface area contributed by atoms with Gasteiger partial charge in [-0.25, -0.2) is 4.99 Å². The summed E-state index contributed by atoms with van der Waals surface area (Å²) in [6, 6.07) is 8.01. The molecule has 2 rings (SSSR count). The number of likely N-dealkylation sites (N-methyl/N-ethyl adjacent to an activating group) is 1. The third kappa shape index (κ3) is 9.07. The van der Waals surface area contributed by atoms with E-state index < -0.39 is 0 Å². The van der Waals surface area contributed by atoms with Crippen molar-refractivity contribution >= 4 is 35.8 Å². The van der Waals surface area contributed by atoms with Gasteiger partial charge in [0.25, 0.3) is 0 Å². The Morgan fingerprint density at radius 2 is 1.83 bits per heavy atom. The van der Waals surface area contributed by atoms with E-state index in [-0.39, 0.29) is 36.4 Å². The molecule has 1 saturated heterocycles. The van der Waals surface area contributed by atoms with Crippen LogP contribution in [0.3, 0.4) is 0 Å². The molecular formula is C22H38IN5O2. The molecule has 0 aromatic heterocycles. The second-order valence-corrected chi connectivity index (χ2v) is 7.12. The third-order valence-electron chi connectivity index (χ3n) is 5.15. The summed E-state index contributed by atoms with van der Waals surface area (Å²) in [6.45, 7) is 13.2. The van der Waals surface area contributed by atoms with Crippen LogP contribution in [0.1, 0.15) is 39.2 Å². The molecule has 0 bridgehead atoms. The minimum Gasteiger partial charge on any atom is -0.492 e. The fourth-order valence-electron chi connectivity index (χ4n) is 3.34. The van der Waals surface area contributed by atoms with Crippen LogP contribution in [-0.4, -0.2) is 74.1 Å². The van der Waals surface area contributed by atoms with Gasteiger partial charge in [-0.1, -0.05) is 32.0 Å². The van der Waals surface area contributed by atoms with Gasteiger partial charge in [-0.3, -0.25) is 4.79 Å². The second kappa shape index (κ2) is 15.3. The normalized spacial score (nSPS) is 13.9. The average Bonchev–Trinajstić information content (AvgIpc) is 3.29. The van der Waals surface area contributed by atoms with Gasteiger partial charge >= 0.3 is 0 Å². The maximum Gasteiger partial charge on any atom is 0.241 e. The number of aliphatic imine (C=N–C) groups is 1. The van der Waals surface area contributed by atoms with Gasteiger partial charge in [0, 0.05) is 31.7 Å². The number of rotatable bonds is 11. The summed E-state index contributed by atoms with van der Waals surface area (Å²) >= 11 is 0. The van der Waals surface area contributed by atoms with E-state index in [0.717, 1.165) is 63.4 Å². The molecule has 1 aromatic rings. The number of para-hydroxylation sites is 1. The van der Waals surface area contributed by atoms with Crippen molar-refractivity contribution < 1.29 is 9.53 Å². The number of carbonyl (C=O) groups excluding carboxylic acids is 1. The van der Waals surface area contributed by atoms with Gasteiger partial charge in [0.2, 0.25) is 5.91 Å². The molecular weight excluding hydrogens is 493 g/mol. The first-order valence-electron chi connectivity index (χ1n) is 10.9.